The SMILES string of the molecule is CC(Cn1cncc1[C@@H](C)NC(=O)OC(C)(C)C)C1CC1. The van der Waals surface area contributed by atoms with Crippen LogP contribution in [0, 0.1) is 11.8 Å². The molecule has 21 heavy (non-hydrogen) atoms. The molecule has 118 valence electrons. The summed E-state index contributed by atoms with van der Waals surface area (Å²) in [5.41, 5.74) is 0.540. The van der Waals surface area contributed by atoms with Crippen molar-refractivity contribution in [1.29, 1.82) is 0 Å². The number of rotatable bonds is 5. The molecule has 5 nitrogen and oxygen atoms in total. The van der Waals surface area contributed by atoms with E-state index >= 15 is 0 Å². The lowest BCUT2D eigenvalue weighted by atomic mass is 10.1. The van der Waals surface area contributed by atoms with Gasteiger partial charge in [-0.15, -0.1) is 0 Å². The third kappa shape index (κ3) is 4.76. The van der Waals surface area contributed by atoms with Gasteiger partial charge in [0.15, 0.2) is 0 Å². The molecule has 1 aromatic heterocycles. The van der Waals surface area contributed by atoms with Crippen molar-refractivity contribution in [1.82, 2.24) is 14.9 Å². The Morgan fingerprint density at radius 1 is 1.48 bits per heavy atom. The van der Waals surface area contributed by atoms with Crippen molar-refractivity contribution < 1.29 is 9.53 Å². The predicted octanol–water partition coefficient (Wildman–Crippen LogP) is 3.51. The number of alkyl carbamates (subject to hydrolysis) is 1. The van der Waals surface area contributed by atoms with E-state index in [1.165, 1.54) is 12.8 Å². The summed E-state index contributed by atoms with van der Waals surface area (Å²) < 4.78 is 7.44. The molecule has 2 rings (SSSR count). The van der Waals surface area contributed by atoms with Gasteiger partial charge in [0.2, 0.25) is 0 Å². The normalized spacial score (nSPS) is 18.1. The van der Waals surface area contributed by atoms with E-state index in [1.807, 2.05) is 40.2 Å². The van der Waals surface area contributed by atoms with Crippen LogP contribution in [-0.2, 0) is 11.3 Å². The Hall–Kier alpha value is -1.52. The molecule has 2 atom stereocenters. The lowest BCUT2D eigenvalue weighted by Crippen LogP contribution is -2.34. The zero-order valence-corrected chi connectivity index (χ0v) is 13.7. The molecular formula is C16H27N3O2. The summed E-state index contributed by atoms with van der Waals surface area (Å²) in [4.78, 5) is 16.1. The standard InChI is InChI=1S/C16H27N3O2/c1-11(13-6-7-13)9-19-10-17-8-14(19)12(2)18-15(20)21-16(3,4)5/h8,10-13H,6-7,9H2,1-5H3,(H,18,20)/t11?,12-/m1/s1. The van der Waals surface area contributed by atoms with Gasteiger partial charge in [-0.2, -0.15) is 0 Å². The number of carbonyl (C=O) groups excluding carboxylic acids is 1. The van der Waals surface area contributed by atoms with Gasteiger partial charge >= 0.3 is 6.09 Å². The van der Waals surface area contributed by atoms with E-state index in [4.69, 9.17) is 4.74 Å². The minimum absolute atomic E-state index is 0.117. The van der Waals surface area contributed by atoms with Gasteiger partial charge in [0.05, 0.1) is 24.3 Å². The van der Waals surface area contributed by atoms with Crippen LogP contribution in [0.3, 0.4) is 0 Å². The minimum Gasteiger partial charge on any atom is -0.444 e. The monoisotopic (exact) mass is 293 g/mol. The number of nitrogens with one attached hydrogen (secondary N) is 1. The van der Waals surface area contributed by atoms with Gasteiger partial charge in [-0.3, -0.25) is 0 Å². The summed E-state index contributed by atoms with van der Waals surface area (Å²) in [5.74, 6) is 1.51. The zero-order chi connectivity index (χ0) is 15.6. The highest BCUT2D eigenvalue weighted by atomic mass is 16.6. The summed E-state index contributed by atoms with van der Waals surface area (Å²) >= 11 is 0. The average Bonchev–Trinajstić information content (AvgIpc) is 3.07. The first kappa shape index (κ1) is 15.9. The Balaban J connectivity index is 1.94. The Kier molecular flexibility index (Phi) is 4.59. The first-order chi connectivity index (χ1) is 9.76. The maximum Gasteiger partial charge on any atom is 0.408 e. The van der Waals surface area contributed by atoms with Crippen molar-refractivity contribution in [3.63, 3.8) is 0 Å². The predicted molar refractivity (Wildman–Crippen MR) is 81.9 cm³/mol. The Bertz CT molecular complexity index is 486. The first-order valence-corrected chi connectivity index (χ1v) is 7.76. The molecule has 1 saturated carbocycles. The first-order valence-electron chi connectivity index (χ1n) is 7.76. The van der Waals surface area contributed by atoms with E-state index in [-0.39, 0.29) is 6.04 Å². The molecule has 1 aliphatic rings. The second-order valence-corrected chi connectivity index (χ2v) is 7.15. The van der Waals surface area contributed by atoms with Crippen molar-refractivity contribution in [2.75, 3.05) is 0 Å². The van der Waals surface area contributed by atoms with Gasteiger partial charge < -0.3 is 14.6 Å². The second-order valence-electron chi connectivity index (χ2n) is 7.15. The van der Waals surface area contributed by atoms with Crippen LogP contribution < -0.4 is 5.32 Å². The van der Waals surface area contributed by atoms with Crippen molar-refractivity contribution in [3.8, 4) is 0 Å². The summed E-state index contributed by atoms with van der Waals surface area (Å²) in [5, 5.41) is 2.88. The van der Waals surface area contributed by atoms with Crippen molar-refractivity contribution in [2.45, 2.75) is 65.6 Å². The number of ether oxygens (including phenoxy) is 1. The molecule has 0 saturated heterocycles. The van der Waals surface area contributed by atoms with E-state index in [0.29, 0.717) is 5.92 Å². The van der Waals surface area contributed by atoms with E-state index in [1.54, 1.807) is 0 Å². The molecule has 1 N–H and O–H groups in total. The van der Waals surface area contributed by atoms with Crippen molar-refractivity contribution >= 4 is 6.09 Å². The highest BCUT2D eigenvalue weighted by Gasteiger charge is 2.28. The van der Waals surface area contributed by atoms with Crippen LogP contribution >= 0.6 is 0 Å². The molecule has 1 amide bonds. The van der Waals surface area contributed by atoms with Crippen LogP contribution in [0.25, 0.3) is 0 Å². The van der Waals surface area contributed by atoms with Crippen molar-refractivity contribution in [2.24, 2.45) is 11.8 Å². The van der Waals surface area contributed by atoms with Crippen LogP contribution in [0.4, 0.5) is 4.79 Å². The molecule has 1 heterocycles. The van der Waals surface area contributed by atoms with E-state index in [9.17, 15) is 4.79 Å². The summed E-state index contributed by atoms with van der Waals surface area (Å²) in [6.07, 6.45) is 5.97. The maximum absolute atomic E-state index is 11.9. The molecule has 0 radical (unpaired) electrons. The third-order valence-corrected chi connectivity index (χ3v) is 3.83. The number of hydrogen-bond acceptors (Lipinski definition) is 3. The number of amides is 1. The zero-order valence-electron chi connectivity index (χ0n) is 13.7. The summed E-state index contributed by atoms with van der Waals surface area (Å²) in [7, 11) is 0. The van der Waals surface area contributed by atoms with Crippen LogP contribution in [0.5, 0.6) is 0 Å². The van der Waals surface area contributed by atoms with Gasteiger partial charge in [-0.1, -0.05) is 6.92 Å². The number of imidazole rings is 1. The van der Waals surface area contributed by atoms with Gasteiger partial charge in [0, 0.05) is 6.54 Å². The number of nitrogens with zero attached hydrogens (tertiary/aromatic N) is 2. The van der Waals surface area contributed by atoms with Gasteiger partial charge in [-0.05, 0) is 52.4 Å². The molecule has 0 bridgehead atoms. The Labute approximate surface area is 127 Å². The molecular weight excluding hydrogens is 266 g/mol. The molecule has 0 aliphatic heterocycles. The number of aromatic nitrogens is 2. The minimum atomic E-state index is -0.482. The second kappa shape index (κ2) is 6.08. The number of carbonyl (C=O) groups is 1. The van der Waals surface area contributed by atoms with E-state index < -0.39 is 11.7 Å². The smallest absolute Gasteiger partial charge is 0.408 e. The fourth-order valence-electron chi connectivity index (χ4n) is 2.53. The van der Waals surface area contributed by atoms with Gasteiger partial charge in [0.25, 0.3) is 0 Å². The molecule has 1 unspecified atom stereocenters. The summed E-state index contributed by atoms with van der Waals surface area (Å²) in [6, 6.07) is -0.117. The van der Waals surface area contributed by atoms with Crippen LogP contribution in [-0.4, -0.2) is 21.2 Å². The fourth-order valence-corrected chi connectivity index (χ4v) is 2.53. The lowest BCUT2D eigenvalue weighted by Gasteiger charge is -2.23. The average molecular weight is 293 g/mol. The van der Waals surface area contributed by atoms with E-state index in [2.05, 4.69) is 21.8 Å². The number of hydrogen-bond donors (Lipinski definition) is 1. The van der Waals surface area contributed by atoms with E-state index in [0.717, 1.165) is 18.2 Å². The molecule has 1 aromatic rings. The van der Waals surface area contributed by atoms with Gasteiger partial charge in [0.1, 0.15) is 5.60 Å². The van der Waals surface area contributed by atoms with Gasteiger partial charge in [-0.25, -0.2) is 9.78 Å². The Morgan fingerprint density at radius 3 is 2.71 bits per heavy atom. The quantitative estimate of drug-likeness (QED) is 0.903. The summed E-state index contributed by atoms with van der Waals surface area (Å²) in [6.45, 7) is 10.8. The van der Waals surface area contributed by atoms with Crippen LogP contribution in [0.2, 0.25) is 0 Å². The van der Waals surface area contributed by atoms with Crippen LogP contribution in [0.15, 0.2) is 12.5 Å². The molecule has 1 fully saturated rings. The highest BCUT2D eigenvalue weighted by molar-refractivity contribution is 5.68. The molecule has 5 heteroatoms. The maximum atomic E-state index is 11.9. The van der Waals surface area contributed by atoms with Crippen molar-refractivity contribution in [3.05, 3.63) is 18.2 Å². The lowest BCUT2D eigenvalue weighted by molar-refractivity contribution is 0.0506. The fraction of sp³-hybridized carbons (Fsp3) is 0.750. The third-order valence-electron chi connectivity index (χ3n) is 3.83. The largest absolute Gasteiger partial charge is 0.444 e. The van der Waals surface area contributed by atoms with Crippen LogP contribution in [0.1, 0.15) is 59.2 Å². The Morgan fingerprint density at radius 2 is 2.14 bits per heavy atom. The highest BCUT2D eigenvalue weighted by Crippen LogP contribution is 2.37. The topological polar surface area (TPSA) is 56.2 Å². The molecule has 0 spiro atoms. The molecule has 0 aromatic carbocycles. The molecule has 1 aliphatic carbocycles.